The molecule has 0 aliphatic heterocycles. The second-order valence-electron chi connectivity index (χ2n) is 2.20. The molecule has 1 heterocycles. The molecule has 0 saturated carbocycles. The van der Waals surface area contributed by atoms with E-state index >= 15 is 0 Å². The van der Waals surface area contributed by atoms with Gasteiger partial charge in [-0.15, -0.1) is 11.3 Å². The van der Waals surface area contributed by atoms with Crippen molar-refractivity contribution in [2.45, 2.75) is 6.92 Å². The van der Waals surface area contributed by atoms with Crippen LogP contribution < -0.4 is 5.32 Å². The van der Waals surface area contributed by atoms with Gasteiger partial charge in [-0.1, -0.05) is 6.92 Å². The molecule has 1 aromatic heterocycles. The van der Waals surface area contributed by atoms with E-state index in [1.54, 1.807) is 17.5 Å². The predicted octanol–water partition coefficient (Wildman–Crippen LogP) is 1.32. The minimum atomic E-state index is -0.674. The van der Waals surface area contributed by atoms with Crippen molar-refractivity contribution in [1.82, 2.24) is 4.98 Å². The summed E-state index contributed by atoms with van der Waals surface area (Å²) in [6, 6.07) is 0. The molecule has 0 aliphatic rings. The second kappa shape index (κ2) is 5.27. The van der Waals surface area contributed by atoms with Crippen LogP contribution in [0.25, 0.3) is 0 Å². The molecule has 68 valence electrons. The van der Waals surface area contributed by atoms with E-state index in [0.29, 0.717) is 5.75 Å². The number of hydrogen-bond acceptors (Lipinski definition) is 4. The highest BCUT2D eigenvalue weighted by molar-refractivity contribution is 7.84. The van der Waals surface area contributed by atoms with Gasteiger partial charge in [-0.25, -0.2) is 4.98 Å². The van der Waals surface area contributed by atoms with Crippen LogP contribution in [0, 0.1) is 0 Å². The Balaban J connectivity index is 2.15. The Kier molecular flexibility index (Phi) is 4.24. The SMILES string of the molecule is CCS(=O)CCNc1nccs1. The molecule has 1 atom stereocenters. The monoisotopic (exact) mass is 204 g/mol. The first-order chi connectivity index (χ1) is 5.83. The summed E-state index contributed by atoms with van der Waals surface area (Å²) in [6.07, 6.45) is 1.75. The number of nitrogens with one attached hydrogen (secondary N) is 1. The maximum absolute atomic E-state index is 11.0. The van der Waals surface area contributed by atoms with Crippen molar-refractivity contribution in [1.29, 1.82) is 0 Å². The van der Waals surface area contributed by atoms with E-state index in [9.17, 15) is 4.21 Å². The van der Waals surface area contributed by atoms with Crippen molar-refractivity contribution in [2.75, 3.05) is 23.4 Å². The van der Waals surface area contributed by atoms with E-state index in [1.165, 1.54) is 0 Å². The Morgan fingerprint density at radius 3 is 3.17 bits per heavy atom. The molecule has 1 unspecified atom stereocenters. The zero-order valence-corrected chi connectivity index (χ0v) is 8.58. The third-order valence-corrected chi connectivity index (χ3v) is 3.39. The van der Waals surface area contributed by atoms with E-state index in [1.807, 2.05) is 12.3 Å². The van der Waals surface area contributed by atoms with Gasteiger partial charge in [0.05, 0.1) is 0 Å². The lowest BCUT2D eigenvalue weighted by molar-refractivity contribution is 0.684. The summed E-state index contributed by atoms with van der Waals surface area (Å²) in [5.74, 6) is 1.44. The van der Waals surface area contributed by atoms with Crippen molar-refractivity contribution in [2.24, 2.45) is 0 Å². The molecule has 0 bridgehead atoms. The smallest absolute Gasteiger partial charge is 0.182 e. The van der Waals surface area contributed by atoms with Crippen LogP contribution in [0.3, 0.4) is 0 Å². The van der Waals surface area contributed by atoms with Crippen LogP contribution in [0.1, 0.15) is 6.92 Å². The minimum absolute atomic E-state index is 0.674. The minimum Gasteiger partial charge on any atom is -0.361 e. The Bertz CT molecular complexity index is 236. The average Bonchev–Trinajstić information content (AvgIpc) is 2.57. The van der Waals surface area contributed by atoms with E-state index in [2.05, 4.69) is 10.3 Å². The zero-order chi connectivity index (χ0) is 8.81. The van der Waals surface area contributed by atoms with Gasteiger partial charge < -0.3 is 5.32 Å². The van der Waals surface area contributed by atoms with Gasteiger partial charge in [-0.2, -0.15) is 0 Å². The van der Waals surface area contributed by atoms with Crippen LogP contribution in [-0.2, 0) is 10.8 Å². The normalized spacial score (nSPS) is 12.8. The summed E-state index contributed by atoms with van der Waals surface area (Å²) in [5, 5.41) is 5.93. The number of nitrogens with zero attached hydrogens (tertiary/aromatic N) is 1. The Labute approximate surface area is 78.7 Å². The summed E-state index contributed by atoms with van der Waals surface area (Å²) in [5.41, 5.74) is 0. The van der Waals surface area contributed by atoms with Crippen LogP contribution >= 0.6 is 11.3 Å². The second-order valence-corrected chi connectivity index (χ2v) is 4.96. The summed E-state index contributed by atoms with van der Waals surface area (Å²) in [6.45, 7) is 2.67. The first kappa shape index (κ1) is 9.67. The van der Waals surface area contributed by atoms with Crippen molar-refractivity contribution < 1.29 is 4.21 Å². The molecule has 5 heteroatoms. The fraction of sp³-hybridized carbons (Fsp3) is 0.571. The molecule has 0 fully saturated rings. The van der Waals surface area contributed by atoms with E-state index in [4.69, 9.17) is 0 Å². The molecule has 1 rings (SSSR count). The van der Waals surface area contributed by atoms with Gasteiger partial charge in [-0.05, 0) is 0 Å². The predicted molar refractivity (Wildman–Crippen MR) is 54.2 cm³/mol. The quantitative estimate of drug-likeness (QED) is 0.786. The van der Waals surface area contributed by atoms with Gasteiger partial charge in [0.1, 0.15) is 0 Å². The Hall–Kier alpha value is -0.420. The molecular formula is C7H12N2OS2. The number of anilines is 1. The zero-order valence-electron chi connectivity index (χ0n) is 6.95. The van der Waals surface area contributed by atoms with Crippen LogP contribution in [-0.4, -0.2) is 27.2 Å². The fourth-order valence-electron chi connectivity index (χ4n) is 0.727. The first-order valence-corrected chi connectivity index (χ1v) is 6.18. The van der Waals surface area contributed by atoms with Gasteiger partial charge in [0.25, 0.3) is 0 Å². The molecule has 12 heavy (non-hydrogen) atoms. The lowest BCUT2D eigenvalue weighted by atomic mass is 10.7. The molecule has 0 radical (unpaired) electrons. The van der Waals surface area contributed by atoms with Crippen molar-refractivity contribution in [3.8, 4) is 0 Å². The van der Waals surface area contributed by atoms with Gasteiger partial charge in [-0.3, -0.25) is 4.21 Å². The number of thiazole rings is 1. The highest BCUT2D eigenvalue weighted by Gasteiger charge is 1.96. The summed E-state index contributed by atoms with van der Waals surface area (Å²) in [7, 11) is -0.674. The number of rotatable bonds is 5. The molecular weight excluding hydrogens is 192 g/mol. The number of aromatic nitrogens is 1. The molecule has 0 aromatic carbocycles. The van der Waals surface area contributed by atoms with Gasteiger partial charge in [0, 0.05) is 40.4 Å². The van der Waals surface area contributed by atoms with E-state index in [-0.39, 0.29) is 0 Å². The maximum Gasteiger partial charge on any atom is 0.182 e. The molecule has 1 N–H and O–H groups in total. The van der Waals surface area contributed by atoms with E-state index in [0.717, 1.165) is 17.4 Å². The van der Waals surface area contributed by atoms with Gasteiger partial charge >= 0.3 is 0 Å². The highest BCUT2D eigenvalue weighted by Crippen LogP contribution is 2.09. The third kappa shape index (κ3) is 3.32. The third-order valence-electron chi connectivity index (χ3n) is 1.36. The summed E-state index contributed by atoms with van der Waals surface area (Å²) in [4.78, 5) is 4.05. The standard InChI is InChI=1S/C7H12N2OS2/c1-2-12(10)6-4-9-7-8-3-5-11-7/h3,5H,2,4,6H2,1H3,(H,8,9). The molecule has 0 spiro atoms. The van der Waals surface area contributed by atoms with Crippen molar-refractivity contribution in [3.63, 3.8) is 0 Å². The average molecular weight is 204 g/mol. The van der Waals surface area contributed by atoms with Crippen LogP contribution in [0.2, 0.25) is 0 Å². The largest absolute Gasteiger partial charge is 0.361 e. The highest BCUT2D eigenvalue weighted by atomic mass is 32.2. The molecule has 0 amide bonds. The Morgan fingerprint density at radius 1 is 1.75 bits per heavy atom. The lowest BCUT2D eigenvalue weighted by Crippen LogP contribution is -2.11. The van der Waals surface area contributed by atoms with Crippen molar-refractivity contribution in [3.05, 3.63) is 11.6 Å². The number of hydrogen-bond donors (Lipinski definition) is 1. The maximum atomic E-state index is 11.0. The Morgan fingerprint density at radius 2 is 2.58 bits per heavy atom. The van der Waals surface area contributed by atoms with Crippen LogP contribution in [0.15, 0.2) is 11.6 Å². The molecule has 3 nitrogen and oxygen atoms in total. The summed E-state index contributed by atoms with van der Waals surface area (Å²) >= 11 is 1.56. The fourth-order valence-corrected chi connectivity index (χ4v) is 1.90. The van der Waals surface area contributed by atoms with Crippen molar-refractivity contribution >= 4 is 27.3 Å². The van der Waals surface area contributed by atoms with Gasteiger partial charge in [0.15, 0.2) is 5.13 Å². The van der Waals surface area contributed by atoms with E-state index < -0.39 is 10.8 Å². The van der Waals surface area contributed by atoms with Crippen LogP contribution in [0.5, 0.6) is 0 Å². The summed E-state index contributed by atoms with van der Waals surface area (Å²) < 4.78 is 11.0. The van der Waals surface area contributed by atoms with Crippen LogP contribution in [0.4, 0.5) is 5.13 Å². The lowest BCUT2D eigenvalue weighted by Gasteiger charge is -2.00. The topological polar surface area (TPSA) is 42.0 Å². The first-order valence-electron chi connectivity index (χ1n) is 3.81. The van der Waals surface area contributed by atoms with Gasteiger partial charge in [0.2, 0.25) is 0 Å². The molecule has 0 aliphatic carbocycles. The molecule has 0 saturated heterocycles. The molecule has 1 aromatic rings.